The average Bonchev–Trinajstić information content (AvgIpc) is 2.75. The number of hydrogen-bond donors (Lipinski definition) is 2. The molecule has 0 radical (unpaired) electrons. The molecule has 3 rings (SSSR count). The fourth-order valence-corrected chi connectivity index (χ4v) is 3.12. The predicted molar refractivity (Wildman–Crippen MR) is 132 cm³/mol. The van der Waals surface area contributed by atoms with Crippen LogP contribution in [0, 0.1) is 6.92 Å². The minimum atomic E-state index is -0.0825. The zero-order valence-electron chi connectivity index (χ0n) is 17.5. The number of carbonyl (C=O) groups excluding carboxylic acids is 1. The molecule has 162 valence electrons. The smallest absolute Gasteiger partial charge is 0.227 e. The van der Waals surface area contributed by atoms with Crippen LogP contribution in [-0.4, -0.2) is 66.0 Å². The lowest BCUT2D eigenvalue weighted by Crippen LogP contribution is -2.52. The molecule has 9 heteroatoms. The topological polar surface area (TPSA) is 85.7 Å². The molecule has 0 saturated carbocycles. The summed E-state index contributed by atoms with van der Waals surface area (Å²) >= 11 is 0. The Labute approximate surface area is 195 Å². The van der Waals surface area contributed by atoms with Gasteiger partial charge >= 0.3 is 0 Å². The number of halogens is 1. The highest BCUT2D eigenvalue weighted by atomic mass is 127. The number of aryl methyl sites for hydroxylation is 1. The first kappa shape index (κ1) is 23.8. The van der Waals surface area contributed by atoms with E-state index in [1.54, 1.807) is 6.20 Å². The van der Waals surface area contributed by atoms with Gasteiger partial charge in [-0.15, -0.1) is 24.0 Å². The normalized spacial score (nSPS) is 14.1. The number of piperazine rings is 1. The Morgan fingerprint density at radius 3 is 2.57 bits per heavy atom. The zero-order valence-corrected chi connectivity index (χ0v) is 19.9. The number of rotatable bonds is 6. The van der Waals surface area contributed by atoms with Crippen LogP contribution in [0.5, 0.6) is 0 Å². The van der Waals surface area contributed by atoms with Crippen molar-refractivity contribution in [1.29, 1.82) is 0 Å². The average molecular weight is 523 g/mol. The van der Waals surface area contributed by atoms with Gasteiger partial charge in [0.25, 0.3) is 0 Å². The van der Waals surface area contributed by atoms with Crippen molar-refractivity contribution in [2.45, 2.75) is 20.3 Å². The summed E-state index contributed by atoms with van der Waals surface area (Å²) in [6, 6.07) is 9.71. The highest BCUT2D eigenvalue weighted by molar-refractivity contribution is 14.0. The first-order valence-corrected chi connectivity index (χ1v) is 10.1. The number of nitrogens with one attached hydrogen (secondary N) is 2. The number of hydrogen-bond acceptors (Lipinski definition) is 5. The Bertz CT molecular complexity index is 806. The van der Waals surface area contributed by atoms with Gasteiger partial charge in [-0.3, -0.25) is 9.79 Å². The summed E-state index contributed by atoms with van der Waals surface area (Å²) in [5, 5.41) is 6.15. The molecule has 2 aromatic heterocycles. The van der Waals surface area contributed by atoms with Crippen LogP contribution in [0.25, 0.3) is 0 Å². The summed E-state index contributed by atoms with van der Waals surface area (Å²) < 4.78 is 0. The number of nitrogens with zero attached hydrogens (tertiary/aromatic N) is 5. The van der Waals surface area contributed by atoms with Crippen LogP contribution in [0.2, 0.25) is 0 Å². The minimum Gasteiger partial charge on any atom is -0.357 e. The van der Waals surface area contributed by atoms with Crippen LogP contribution >= 0.6 is 24.0 Å². The second-order valence-electron chi connectivity index (χ2n) is 6.92. The monoisotopic (exact) mass is 523 g/mol. The number of pyridine rings is 2. The van der Waals surface area contributed by atoms with E-state index in [1.165, 1.54) is 0 Å². The largest absolute Gasteiger partial charge is 0.357 e. The Kier molecular flexibility index (Phi) is 9.78. The van der Waals surface area contributed by atoms with Crippen LogP contribution < -0.4 is 15.5 Å². The molecule has 1 aliphatic rings. The Balaban J connectivity index is 0.00000320. The van der Waals surface area contributed by atoms with E-state index in [4.69, 9.17) is 0 Å². The molecule has 0 bridgehead atoms. The van der Waals surface area contributed by atoms with E-state index in [2.05, 4.69) is 42.3 Å². The van der Waals surface area contributed by atoms with Crippen molar-refractivity contribution >= 4 is 47.5 Å². The van der Waals surface area contributed by atoms with Crippen molar-refractivity contribution in [2.24, 2.45) is 4.99 Å². The number of aliphatic imine (C=N–C) groups is 1. The molecule has 2 N–H and O–H groups in total. The summed E-state index contributed by atoms with van der Waals surface area (Å²) in [5.41, 5.74) is 1.06. The minimum absolute atomic E-state index is 0. The van der Waals surface area contributed by atoms with Crippen LogP contribution in [0.4, 0.5) is 11.6 Å². The first-order chi connectivity index (χ1) is 14.2. The fourth-order valence-electron chi connectivity index (χ4n) is 3.12. The molecular weight excluding hydrogens is 493 g/mol. The second-order valence-corrected chi connectivity index (χ2v) is 6.92. The van der Waals surface area contributed by atoms with E-state index in [-0.39, 0.29) is 29.9 Å². The van der Waals surface area contributed by atoms with Crippen LogP contribution in [-0.2, 0) is 4.79 Å². The highest BCUT2D eigenvalue weighted by Crippen LogP contribution is 2.12. The van der Waals surface area contributed by atoms with Gasteiger partial charge in [-0.1, -0.05) is 12.1 Å². The van der Waals surface area contributed by atoms with Crippen molar-refractivity contribution in [3.8, 4) is 0 Å². The first-order valence-electron chi connectivity index (χ1n) is 10.1. The number of amides is 1. The third-order valence-corrected chi connectivity index (χ3v) is 4.67. The van der Waals surface area contributed by atoms with Crippen molar-refractivity contribution in [2.75, 3.05) is 49.5 Å². The Hall–Kier alpha value is -2.43. The molecule has 0 spiro atoms. The molecule has 1 amide bonds. The number of anilines is 2. The third-order valence-electron chi connectivity index (χ3n) is 4.67. The van der Waals surface area contributed by atoms with E-state index in [9.17, 15) is 4.79 Å². The molecule has 0 aromatic carbocycles. The van der Waals surface area contributed by atoms with Gasteiger partial charge in [0.2, 0.25) is 5.91 Å². The van der Waals surface area contributed by atoms with E-state index < -0.39 is 0 Å². The molecular formula is C21H30IN7O. The third kappa shape index (κ3) is 7.12. The van der Waals surface area contributed by atoms with Gasteiger partial charge < -0.3 is 20.4 Å². The van der Waals surface area contributed by atoms with Gasteiger partial charge in [0.05, 0.1) is 6.54 Å². The van der Waals surface area contributed by atoms with E-state index in [0.29, 0.717) is 18.8 Å². The van der Waals surface area contributed by atoms with Crippen molar-refractivity contribution in [3.63, 3.8) is 0 Å². The lowest BCUT2D eigenvalue weighted by Gasteiger charge is -2.37. The molecule has 2 aromatic rings. The molecule has 1 fully saturated rings. The van der Waals surface area contributed by atoms with E-state index in [1.807, 2.05) is 43.5 Å². The van der Waals surface area contributed by atoms with Crippen LogP contribution in [0.15, 0.2) is 47.7 Å². The van der Waals surface area contributed by atoms with E-state index >= 15 is 0 Å². The highest BCUT2D eigenvalue weighted by Gasteiger charge is 2.20. The van der Waals surface area contributed by atoms with E-state index in [0.717, 1.165) is 50.1 Å². The Morgan fingerprint density at radius 2 is 1.93 bits per heavy atom. The van der Waals surface area contributed by atoms with Crippen molar-refractivity contribution in [1.82, 2.24) is 20.2 Å². The van der Waals surface area contributed by atoms with Gasteiger partial charge in [0, 0.05) is 51.5 Å². The van der Waals surface area contributed by atoms with Gasteiger partial charge in [0.15, 0.2) is 5.96 Å². The van der Waals surface area contributed by atoms with Crippen LogP contribution in [0.3, 0.4) is 0 Å². The van der Waals surface area contributed by atoms with Gasteiger partial charge in [-0.2, -0.15) is 0 Å². The predicted octanol–water partition coefficient (Wildman–Crippen LogP) is 2.52. The summed E-state index contributed by atoms with van der Waals surface area (Å²) in [5.74, 6) is 2.35. The van der Waals surface area contributed by atoms with Crippen LogP contribution in [0.1, 0.15) is 18.9 Å². The van der Waals surface area contributed by atoms with Crippen molar-refractivity contribution < 1.29 is 4.79 Å². The molecule has 0 unspecified atom stereocenters. The lowest BCUT2D eigenvalue weighted by molar-refractivity contribution is -0.116. The quantitative estimate of drug-likeness (QED) is 0.344. The molecule has 1 aliphatic heterocycles. The van der Waals surface area contributed by atoms with Gasteiger partial charge in [0.1, 0.15) is 11.6 Å². The summed E-state index contributed by atoms with van der Waals surface area (Å²) in [4.78, 5) is 29.9. The zero-order chi connectivity index (χ0) is 20.5. The molecule has 0 aliphatic carbocycles. The maximum atomic E-state index is 12.1. The summed E-state index contributed by atoms with van der Waals surface area (Å²) in [7, 11) is 0. The number of guanidine groups is 1. The SMILES string of the molecule is CCNC(=NCCC(=O)Nc1ccc(C)cn1)N1CCN(c2ccccn2)CC1.I. The Morgan fingerprint density at radius 1 is 1.13 bits per heavy atom. The summed E-state index contributed by atoms with van der Waals surface area (Å²) in [6.07, 6.45) is 3.88. The van der Waals surface area contributed by atoms with Gasteiger partial charge in [-0.25, -0.2) is 9.97 Å². The molecule has 3 heterocycles. The van der Waals surface area contributed by atoms with Crippen molar-refractivity contribution in [3.05, 3.63) is 48.3 Å². The molecule has 30 heavy (non-hydrogen) atoms. The summed E-state index contributed by atoms with van der Waals surface area (Å²) in [6.45, 7) is 8.74. The molecule has 8 nitrogen and oxygen atoms in total. The molecule has 0 atom stereocenters. The van der Waals surface area contributed by atoms with Gasteiger partial charge in [-0.05, 0) is 37.6 Å². The fraction of sp³-hybridized carbons (Fsp3) is 0.429. The number of carbonyl (C=O) groups is 1. The second kappa shape index (κ2) is 12.3. The molecule has 1 saturated heterocycles. The maximum Gasteiger partial charge on any atom is 0.227 e. The lowest BCUT2D eigenvalue weighted by atomic mass is 10.3. The number of aromatic nitrogens is 2. The standard InChI is InChI=1S/C21H29N7O.HI/c1-3-22-21(24-11-9-20(29)26-18-8-7-17(2)16-25-18)28-14-12-27(13-15-28)19-6-4-5-10-23-19;/h4-8,10,16H,3,9,11-15H2,1-2H3,(H,22,24)(H,25,26,29);1H. The maximum absolute atomic E-state index is 12.1.